The molecule has 2 aromatic carbocycles. The van der Waals surface area contributed by atoms with Gasteiger partial charge in [0.05, 0.1) is 5.56 Å². The van der Waals surface area contributed by atoms with E-state index in [-0.39, 0.29) is 0 Å². The van der Waals surface area contributed by atoms with Crippen molar-refractivity contribution in [2.75, 3.05) is 5.32 Å². The standard InChI is InChI=1S/C15H14BrNO2/c1-10-6-7-12(8-14(10)16)17-9-11-4-2-3-5-13(11)15(18)19/h2-8,17H,9H2,1H3,(H,18,19). The van der Waals surface area contributed by atoms with Crippen molar-refractivity contribution in [2.45, 2.75) is 13.5 Å². The first-order valence-electron chi connectivity index (χ1n) is 5.89. The van der Waals surface area contributed by atoms with Crippen molar-refractivity contribution >= 4 is 27.6 Å². The molecule has 0 unspecified atom stereocenters. The Morgan fingerprint density at radius 2 is 2.00 bits per heavy atom. The lowest BCUT2D eigenvalue weighted by molar-refractivity contribution is 0.0696. The van der Waals surface area contributed by atoms with E-state index >= 15 is 0 Å². The highest BCUT2D eigenvalue weighted by Gasteiger charge is 2.08. The molecule has 0 aliphatic rings. The monoisotopic (exact) mass is 319 g/mol. The summed E-state index contributed by atoms with van der Waals surface area (Å²) in [7, 11) is 0. The first-order chi connectivity index (χ1) is 9.08. The van der Waals surface area contributed by atoms with Crippen LogP contribution in [0.15, 0.2) is 46.9 Å². The van der Waals surface area contributed by atoms with E-state index in [1.54, 1.807) is 12.1 Å². The minimum atomic E-state index is -0.900. The summed E-state index contributed by atoms with van der Waals surface area (Å²) in [5.74, 6) is -0.900. The molecule has 0 saturated carbocycles. The molecule has 0 spiro atoms. The van der Waals surface area contributed by atoms with Crippen LogP contribution >= 0.6 is 15.9 Å². The van der Waals surface area contributed by atoms with Gasteiger partial charge in [-0.15, -0.1) is 0 Å². The van der Waals surface area contributed by atoms with Crippen molar-refractivity contribution < 1.29 is 9.90 Å². The molecule has 2 rings (SSSR count). The van der Waals surface area contributed by atoms with Gasteiger partial charge in [0.15, 0.2) is 0 Å². The Morgan fingerprint density at radius 1 is 1.26 bits per heavy atom. The lowest BCUT2D eigenvalue weighted by Gasteiger charge is -2.10. The Kier molecular flexibility index (Phi) is 4.22. The molecular weight excluding hydrogens is 306 g/mol. The zero-order chi connectivity index (χ0) is 13.8. The quantitative estimate of drug-likeness (QED) is 0.893. The minimum absolute atomic E-state index is 0.334. The largest absolute Gasteiger partial charge is 0.478 e. The fourth-order valence-corrected chi connectivity index (χ4v) is 2.16. The summed E-state index contributed by atoms with van der Waals surface area (Å²) in [5, 5.41) is 12.3. The number of aromatic carboxylic acids is 1. The summed E-state index contributed by atoms with van der Waals surface area (Å²) in [6, 6.07) is 13.0. The second-order valence-electron chi connectivity index (χ2n) is 4.28. The summed E-state index contributed by atoms with van der Waals surface area (Å²) in [6.07, 6.45) is 0. The van der Waals surface area contributed by atoms with E-state index in [9.17, 15) is 4.79 Å². The van der Waals surface area contributed by atoms with Gasteiger partial charge in [0.1, 0.15) is 0 Å². The average Bonchev–Trinajstić information content (AvgIpc) is 2.40. The zero-order valence-corrected chi connectivity index (χ0v) is 12.1. The van der Waals surface area contributed by atoms with Crippen LogP contribution in [0.2, 0.25) is 0 Å². The van der Waals surface area contributed by atoms with Crippen LogP contribution in [0.4, 0.5) is 5.69 Å². The van der Waals surface area contributed by atoms with Crippen LogP contribution in [0.1, 0.15) is 21.5 Å². The highest BCUT2D eigenvalue weighted by molar-refractivity contribution is 9.10. The number of halogens is 1. The van der Waals surface area contributed by atoms with E-state index in [0.29, 0.717) is 12.1 Å². The fraction of sp³-hybridized carbons (Fsp3) is 0.133. The molecule has 0 aliphatic heterocycles. The highest BCUT2D eigenvalue weighted by atomic mass is 79.9. The molecule has 0 aliphatic carbocycles. The molecule has 3 nitrogen and oxygen atoms in total. The highest BCUT2D eigenvalue weighted by Crippen LogP contribution is 2.21. The number of carboxylic acid groups (broad SMARTS) is 1. The smallest absolute Gasteiger partial charge is 0.336 e. The number of anilines is 1. The van der Waals surface area contributed by atoms with Crippen molar-refractivity contribution in [3.63, 3.8) is 0 Å². The lowest BCUT2D eigenvalue weighted by Crippen LogP contribution is -2.07. The first-order valence-corrected chi connectivity index (χ1v) is 6.68. The number of rotatable bonds is 4. The maximum Gasteiger partial charge on any atom is 0.336 e. The second-order valence-corrected chi connectivity index (χ2v) is 5.13. The molecule has 0 aromatic heterocycles. The van der Waals surface area contributed by atoms with Crippen molar-refractivity contribution in [1.29, 1.82) is 0 Å². The molecule has 0 heterocycles. The van der Waals surface area contributed by atoms with Crippen LogP contribution in [0.3, 0.4) is 0 Å². The molecule has 0 amide bonds. The Labute approximate surface area is 120 Å². The van der Waals surface area contributed by atoms with E-state index in [4.69, 9.17) is 5.11 Å². The molecule has 4 heteroatoms. The molecule has 0 saturated heterocycles. The van der Waals surface area contributed by atoms with Crippen molar-refractivity contribution in [2.24, 2.45) is 0 Å². The maximum absolute atomic E-state index is 11.1. The Hall–Kier alpha value is -1.81. The van der Waals surface area contributed by atoms with Gasteiger partial charge in [-0.2, -0.15) is 0 Å². The molecule has 19 heavy (non-hydrogen) atoms. The summed E-state index contributed by atoms with van der Waals surface area (Å²) in [5.41, 5.74) is 3.22. The summed E-state index contributed by atoms with van der Waals surface area (Å²) < 4.78 is 1.03. The number of carbonyl (C=O) groups is 1. The maximum atomic E-state index is 11.1. The van der Waals surface area contributed by atoms with Crippen LogP contribution in [0, 0.1) is 6.92 Å². The third kappa shape index (κ3) is 3.35. The van der Waals surface area contributed by atoms with Gasteiger partial charge in [-0.05, 0) is 36.2 Å². The SMILES string of the molecule is Cc1ccc(NCc2ccccc2C(=O)O)cc1Br. The molecule has 0 atom stereocenters. The zero-order valence-electron chi connectivity index (χ0n) is 10.5. The number of hydrogen-bond donors (Lipinski definition) is 2. The van der Waals surface area contributed by atoms with E-state index in [0.717, 1.165) is 21.3 Å². The summed E-state index contributed by atoms with van der Waals surface area (Å²) in [6.45, 7) is 2.51. The third-order valence-electron chi connectivity index (χ3n) is 2.90. The fourth-order valence-electron chi connectivity index (χ4n) is 1.78. The molecule has 98 valence electrons. The number of benzene rings is 2. The number of carboxylic acids is 1. The molecule has 0 fully saturated rings. The number of hydrogen-bond acceptors (Lipinski definition) is 2. The number of nitrogens with one attached hydrogen (secondary N) is 1. The molecule has 2 N–H and O–H groups in total. The molecular formula is C15H14BrNO2. The van der Waals surface area contributed by atoms with Gasteiger partial charge in [-0.1, -0.05) is 40.2 Å². The van der Waals surface area contributed by atoms with Gasteiger partial charge in [0.2, 0.25) is 0 Å². The molecule has 2 aromatic rings. The van der Waals surface area contributed by atoms with E-state index in [2.05, 4.69) is 21.2 Å². The van der Waals surface area contributed by atoms with Crippen molar-refractivity contribution in [3.8, 4) is 0 Å². The van der Waals surface area contributed by atoms with Crippen LogP contribution in [0.5, 0.6) is 0 Å². The normalized spacial score (nSPS) is 10.2. The van der Waals surface area contributed by atoms with Gasteiger partial charge in [-0.3, -0.25) is 0 Å². The van der Waals surface area contributed by atoms with Crippen LogP contribution in [-0.2, 0) is 6.54 Å². The van der Waals surface area contributed by atoms with Gasteiger partial charge in [-0.25, -0.2) is 4.79 Å². The van der Waals surface area contributed by atoms with Crippen LogP contribution in [0.25, 0.3) is 0 Å². The Balaban J connectivity index is 2.14. The third-order valence-corrected chi connectivity index (χ3v) is 3.76. The first kappa shape index (κ1) is 13.6. The van der Waals surface area contributed by atoms with Crippen LogP contribution in [-0.4, -0.2) is 11.1 Å². The van der Waals surface area contributed by atoms with E-state index in [1.165, 1.54) is 0 Å². The summed E-state index contributed by atoms with van der Waals surface area (Å²) in [4.78, 5) is 11.1. The van der Waals surface area contributed by atoms with Gasteiger partial charge in [0, 0.05) is 16.7 Å². The van der Waals surface area contributed by atoms with Crippen LogP contribution < -0.4 is 5.32 Å². The average molecular weight is 320 g/mol. The lowest BCUT2D eigenvalue weighted by atomic mass is 10.1. The molecule has 0 radical (unpaired) electrons. The van der Waals surface area contributed by atoms with Gasteiger partial charge < -0.3 is 10.4 Å². The van der Waals surface area contributed by atoms with E-state index < -0.39 is 5.97 Å². The molecule has 0 bridgehead atoms. The number of aryl methyl sites for hydroxylation is 1. The summed E-state index contributed by atoms with van der Waals surface area (Å²) >= 11 is 3.48. The minimum Gasteiger partial charge on any atom is -0.478 e. The Bertz CT molecular complexity index is 611. The van der Waals surface area contributed by atoms with Gasteiger partial charge >= 0.3 is 5.97 Å². The topological polar surface area (TPSA) is 49.3 Å². The second kappa shape index (κ2) is 5.89. The Morgan fingerprint density at radius 3 is 2.68 bits per heavy atom. The van der Waals surface area contributed by atoms with Crippen molar-refractivity contribution in [3.05, 3.63) is 63.6 Å². The predicted octanol–water partition coefficient (Wildman–Crippen LogP) is 4.07. The van der Waals surface area contributed by atoms with Crippen molar-refractivity contribution in [1.82, 2.24) is 0 Å². The van der Waals surface area contributed by atoms with Gasteiger partial charge in [0.25, 0.3) is 0 Å². The predicted molar refractivity (Wildman–Crippen MR) is 79.6 cm³/mol. The van der Waals surface area contributed by atoms with E-state index in [1.807, 2.05) is 37.3 Å².